The Morgan fingerprint density at radius 3 is 0.825 bits per heavy atom. The standard InChI is InChI=1S/C74H124O6/c1-4-7-10-13-16-19-22-25-28-30-32-34-35-36-37-38-39-41-42-44-46-49-52-55-58-61-64-67-73(76)79-70-71(69-78-72(75)66-63-60-57-54-51-48-27-24-21-18-15-12-9-6-3)80-74(77)68-65-62-59-56-53-50-47-45-43-40-33-31-29-26-23-20-17-14-11-8-5-2/h8,11,15,17-18,20,22,24-27,29-30,32-33,40,45,47,53,56,71H,4-7,9-10,12-14,16,19,21,23,28,31,34-39,41-44,46,48-52,54-55,57-70H2,1-3H3/b11-8-,18-15-,20-17-,25-22-,27-24-,29-26-,32-30-,40-33-,47-45-,56-53-. The lowest BCUT2D eigenvalue weighted by atomic mass is 10.0. The number of allylic oxidation sites excluding steroid dienone is 20. The van der Waals surface area contributed by atoms with Crippen molar-refractivity contribution in [1.82, 2.24) is 0 Å². The molecule has 0 radical (unpaired) electrons. The number of unbranched alkanes of at least 4 members (excludes halogenated alkanes) is 29. The molecule has 0 aromatic carbocycles. The highest BCUT2D eigenvalue weighted by Crippen LogP contribution is 2.16. The SMILES string of the molecule is CC/C=C\C/C=C\C/C=C\C/C=C\C/C=C\C/C=C\CCCCC(=O)OC(COC(=O)CCCCCCC/C=C\C/C=C\CCCC)COC(=O)CCCCCCCCCCCCCCCCC/C=C\C/C=C\CCCCCCC. The fourth-order valence-electron chi connectivity index (χ4n) is 9.14. The first-order valence-electron chi connectivity index (χ1n) is 33.5. The van der Waals surface area contributed by atoms with Crippen LogP contribution >= 0.6 is 0 Å². The van der Waals surface area contributed by atoms with Crippen LogP contribution in [0.25, 0.3) is 0 Å². The Labute approximate surface area is 494 Å². The Morgan fingerprint density at radius 2 is 0.500 bits per heavy atom. The zero-order chi connectivity index (χ0) is 57.8. The van der Waals surface area contributed by atoms with Gasteiger partial charge in [-0.2, -0.15) is 0 Å². The van der Waals surface area contributed by atoms with Gasteiger partial charge in [-0.1, -0.05) is 284 Å². The van der Waals surface area contributed by atoms with Crippen molar-refractivity contribution < 1.29 is 28.6 Å². The van der Waals surface area contributed by atoms with Gasteiger partial charge in [0.1, 0.15) is 13.2 Å². The minimum atomic E-state index is -0.811. The summed E-state index contributed by atoms with van der Waals surface area (Å²) in [6.07, 6.45) is 93.6. The summed E-state index contributed by atoms with van der Waals surface area (Å²) < 4.78 is 16.9. The second-order valence-corrected chi connectivity index (χ2v) is 22.0. The number of hydrogen-bond acceptors (Lipinski definition) is 6. The van der Waals surface area contributed by atoms with Gasteiger partial charge in [0.2, 0.25) is 0 Å². The van der Waals surface area contributed by atoms with E-state index >= 15 is 0 Å². The van der Waals surface area contributed by atoms with Crippen LogP contribution in [0.1, 0.15) is 310 Å². The van der Waals surface area contributed by atoms with Gasteiger partial charge in [0.25, 0.3) is 0 Å². The highest BCUT2D eigenvalue weighted by Gasteiger charge is 2.19. The van der Waals surface area contributed by atoms with Crippen molar-refractivity contribution in [2.24, 2.45) is 0 Å². The van der Waals surface area contributed by atoms with Crippen LogP contribution in [0.3, 0.4) is 0 Å². The summed E-state index contributed by atoms with van der Waals surface area (Å²) in [6, 6.07) is 0. The van der Waals surface area contributed by atoms with Gasteiger partial charge in [0, 0.05) is 19.3 Å². The number of hydrogen-bond donors (Lipinski definition) is 0. The molecular weight excluding hydrogens is 985 g/mol. The van der Waals surface area contributed by atoms with Gasteiger partial charge in [-0.05, 0) is 128 Å². The molecule has 0 rings (SSSR count). The van der Waals surface area contributed by atoms with Crippen molar-refractivity contribution in [1.29, 1.82) is 0 Å². The molecule has 0 saturated heterocycles. The molecule has 0 spiro atoms. The van der Waals surface area contributed by atoms with Crippen molar-refractivity contribution in [3.05, 3.63) is 122 Å². The van der Waals surface area contributed by atoms with E-state index in [4.69, 9.17) is 14.2 Å². The predicted molar refractivity (Wildman–Crippen MR) is 348 cm³/mol. The van der Waals surface area contributed by atoms with Gasteiger partial charge < -0.3 is 14.2 Å². The average molecular weight is 1110 g/mol. The topological polar surface area (TPSA) is 78.9 Å². The molecule has 0 aliphatic carbocycles. The van der Waals surface area contributed by atoms with Crippen molar-refractivity contribution in [3.63, 3.8) is 0 Å². The fraction of sp³-hybridized carbons (Fsp3) is 0.689. The Balaban J connectivity index is 4.38. The molecule has 0 aliphatic heterocycles. The van der Waals surface area contributed by atoms with Gasteiger partial charge in [-0.3, -0.25) is 14.4 Å². The molecule has 6 heteroatoms. The molecule has 0 aromatic rings. The molecular formula is C74H124O6. The van der Waals surface area contributed by atoms with Crippen LogP contribution in [0.5, 0.6) is 0 Å². The quantitative estimate of drug-likeness (QED) is 0.0261. The molecule has 456 valence electrons. The largest absolute Gasteiger partial charge is 0.462 e. The van der Waals surface area contributed by atoms with Crippen molar-refractivity contribution in [2.75, 3.05) is 13.2 Å². The van der Waals surface area contributed by atoms with E-state index in [1.165, 1.54) is 141 Å². The molecule has 1 unspecified atom stereocenters. The van der Waals surface area contributed by atoms with Crippen LogP contribution in [0.2, 0.25) is 0 Å². The Morgan fingerprint density at radius 1 is 0.263 bits per heavy atom. The third-order valence-corrected chi connectivity index (χ3v) is 14.2. The zero-order valence-electron chi connectivity index (χ0n) is 52.3. The molecule has 0 saturated carbocycles. The first-order valence-corrected chi connectivity index (χ1v) is 33.5. The molecule has 0 fully saturated rings. The summed E-state index contributed by atoms with van der Waals surface area (Å²) >= 11 is 0. The van der Waals surface area contributed by atoms with E-state index in [0.717, 1.165) is 122 Å². The summed E-state index contributed by atoms with van der Waals surface area (Å²) in [5, 5.41) is 0. The highest BCUT2D eigenvalue weighted by atomic mass is 16.6. The summed E-state index contributed by atoms with van der Waals surface area (Å²) in [6.45, 7) is 6.45. The van der Waals surface area contributed by atoms with E-state index in [-0.39, 0.29) is 37.5 Å². The lowest BCUT2D eigenvalue weighted by Crippen LogP contribution is -2.30. The van der Waals surface area contributed by atoms with E-state index in [1.807, 2.05) is 0 Å². The van der Waals surface area contributed by atoms with Gasteiger partial charge in [-0.15, -0.1) is 0 Å². The van der Waals surface area contributed by atoms with Crippen LogP contribution in [-0.2, 0) is 28.6 Å². The summed E-state index contributed by atoms with van der Waals surface area (Å²) in [5.74, 6) is -0.954. The third-order valence-electron chi connectivity index (χ3n) is 14.2. The second kappa shape index (κ2) is 67.3. The first-order chi connectivity index (χ1) is 39.5. The van der Waals surface area contributed by atoms with Crippen LogP contribution in [0.15, 0.2) is 122 Å². The average Bonchev–Trinajstić information content (AvgIpc) is 3.46. The molecule has 0 amide bonds. The smallest absolute Gasteiger partial charge is 0.306 e. The minimum absolute atomic E-state index is 0.102. The maximum Gasteiger partial charge on any atom is 0.306 e. The minimum Gasteiger partial charge on any atom is -0.462 e. The maximum atomic E-state index is 12.9. The summed E-state index contributed by atoms with van der Waals surface area (Å²) in [5.41, 5.74) is 0. The Hall–Kier alpha value is -4.19. The van der Waals surface area contributed by atoms with Gasteiger partial charge >= 0.3 is 17.9 Å². The lowest BCUT2D eigenvalue weighted by Gasteiger charge is -2.18. The number of carbonyl (C=O) groups is 3. The predicted octanol–water partition coefficient (Wildman–Crippen LogP) is 23.2. The summed E-state index contributed by atoms with van der Waals surface area (Å²) in [7, 11) is 0. The molecule has 0 N–H and O–H groups in total. The number of rotatable bonds is 60. The third kappa shape index (κ3) is 64.6. The van der Waals surface area contributed by atoms with Crippen LogP contribution in [0, 0.1) is 0 Å². The van der Waals surface area contributed by atoms with Crippen LogP contribution in [-0.4, -0.2) is 37.2 Å². The molecule has 0 heterocycles. The number of esters is 3. The van der Waals surface area contributed by atoms with E-state index in [9.17, 15) is 14.4 Å². The Kier molecular flexibility index (Phi) is 63.8. The first kappa shape index (κ1) is 75.8. The van der Waals surface area contributed by atoms with E-state index in [1.54, 1.807) is 0 Å². The highest BCUT2D eigenvalue weighted by molar-refractivity contribution is 5.71. The molecule has 0 aromatic heterocycles. The maximum absolute atomic E-state index is 12.9. The monoisotopic (exact) mass is 1110 g/mol. The van der Waals surface area contributed by atoms with E-state index < -0.39 is 6.10 Å². The molecule has 80 heavy (non-hydrogen) atoms. The van der Waals surface area contributed by atoms with Crippen LogP contribution in [0.4, 0.5) is 0 Å². The van der Waals surface area contributed by atoms with Gasteiger partial charge in [0.05, 0.1) is 0 Å². The molecule has 0 aliphatic rings. The van der Waals surface area contributed by atoms with Gasteiger partial charge in [0.15, 0.2) is 6.10 Å². The normalized spacial score (nSPS) is 12.9. The molecule has 0 bridgehead atoms. The summed E-state index contributed by atoms with van der Waals surface area (Å²) in [4.78, 5) is 38.4. The fourth-order valence-corrected chi connectivity index (χ4v) is 9.14. The second-order valence-electron chi connectivity index (χ2n) is 22.0. The van der Waals surface area contributed by atoms with E-state index in [0.29, 0.717) is 19.3 Å². The van der Waals surface area contributed by atoms with Crippen molar-refractivity contribution in [2.45, 2.75) is 316 Å². The number of ether oxygens (including phenoxy) is 3. The Bertz CT molecular complexity index is 1650. The number of carbonyl (C=O) groups excluding carboxylic acids is 3. The van der Waals surface area contributed by atoms with Crippen LogP contribution < -0.4 is 0 Å². The van der Waals surface area contributed by atoms with E-state index in [2.05, 4.69) is 142 Å². The molecule has 6 nitrogen and oxygen atoms in total. The zero-order valence-corrected chi connectivity index (χ0v) is 52.3. The lowest BCUT2D eigenvalue weighted by molar-refractivity contribution is -0.167. The van der Waals surface area contributed by atoms with Gasteiger partial charge in [-0.25, -0.2) is 0 Å². The van der Waals surface area contributed by atoms with Crippen molar-refractivity contribution >= 4 is 17.9 Å². The molecule has 1 atom stereocenters. The van der Waals surface area contributed by atoms with Crippen molar-refractivity contribution in [3.8, 4) is 0 Å².